The first-order valence-electron chi connectivity index (χ1n) is 7.49. The van der Waals surface area contributed by atoms with Crippen molar-refractivity contribution in [2.45, 2.75) is 44.9 Å². The van der Waals surface area contributed by atoms with Gasteiger partial charge in [-0.25, -0.2) is 0 Å². The second-order valence-electron chi connectivity index (χ2n) is 5.26. The zero-order valence-electron chi connectivity index (χ0n) is 12.2. The van der Waals surface area contributed by atoms with Crippen LogP contribution in [0, 0.1) is 0 Å². The molecule has 0 aromatic heterocycles. The van der Waals surface area contributed by atoms with E-state index in [1.165, 1.54) is 5.56 Å². The molecule has 1 aromatic carbocycles. The molecule has 0 aliphatic carbocycles. The minimum atomic E-state index is 0.159. The van der Waals surface area contributed by atoms with Crippen molar-refractivity contribution in [3.05, 3.63) is 29.8 Å². The van der Waals surface area contributed by atoms with Crippen LogP contribution < -0.4 is 10.1 Å². The van der Waals surface area contributed by atoms with Gasteiger partial charge in [-0.05, 0) is 37.0 Å². The maximum absolute atomic E-state index is 9.16. The van der Waals surface area contributed by atoms with Gasteiger partial charge >= 0.3 is 0 Å². The molecule has 0 saturated carbocycles. The topological polar surface area (TPSA) is 50.7 Å². The Bertz CT molecular complexity index is 366. The maximum atomic E-state index is 9.16. The highest BCUT2D eigenvalue weighted by atomic mass is 16.5. The summed E-state index contributed by atoms with van der Waals surface area (Å²) in [7, 11) is 0. The molecule has 4 nitrogen and oxygen atoms in total. The number of ether oxygens (including phenoxy) is 2. The van der Waals surface area contributed by atoms with Crippen LogP contribution in [0.4, 0.5) is 0 Å². The Morgan fingerprint density at radius 2 is 2.40 bits per heavy atom. The Labute approximate surface area is 121 Å². The average Bonchev–Trinajstić information content (AvgIpc) is 3.00. The lowest BCUT2D eigenvalue weighted by Gasteiger charge is -2.15. The highest BCUT2D eigenvalue weighted by Crippen LogP contribution is 2.17. The highest BCUT2D eigenvalue weighted by molar-refractivity contribution is 5.28. The fourth-order valence-corrected chi connectivity index (χ4v) is 2.31. The van der Waals surface area contributed by atoms with Gasteiger partial charge in [0.15, 0.2) is 0 Å². The van der Waals surface area contributed by atoms with Gasteiger partial charge in [-0.15, -0.1) is 0 Å². The van der Waals surface area contributed by atoms with Crippen LogP contribution >= 0.6 is 0 Å². The van der Waals surface area contributed by atoms with Gasteiger partial charge in [0, 0.05) is 19.2 Å². The van der Waals surface area contributed by atoms with E-state index in [-0.39, 0.29) is 18.8 Å². The lowest BCUT2D eigenvalue weighted by molar-refractivity contribution is 0.0679. The molecule has 1 saturated heterocycles. The lowest BCUT2D eigenvalue weighted by atomic mass is 10.2. The minimum absolute atomic E-state index is 0.159. The van der Waals surface area contributed by atoms with Gasteiger partial charge < -0.3 is 19.9 Å². The first-order valence-corrected chi connectivity index (χ1v) is 7.49. The molecule has 0 amide bonds. The highest BCUT2D eigenvalue weighted by Gasteiger charge is 2.15. The van der Waals surface area contributed by atoms with E-state index in [9.17, 15) is 0 Å². The molecule has 4 heteroatoms. The summed E-state index contributed by atoms with van der Waals surface area (Å²) in [5.41, 5.74) is 1.17. The Morgan fingerprint density at radius 3 is 3.10 bits per heavy atom. The molecule has 1 aliphatic rings. The standard InChI is InChI=1S/C16H25NO3/c1-2-14(11-18)17-10-13-5-3-6-15(9-13)20-12-16-7-4-8-19-16/h3,5-6,9,14,16-18H,2,4,7-8,10-12H2,1H3. The summed E-state index contributed by atoms with van der Waals surface area (Å²) in [6, 6.07) is 8.25. The molecule has 0 bridgehead atoms. The monoisotopic (exact) mass is 279 g/mol. The maximum Gasteiger partial charge on any atom is 0.119 e. The molecular formula is C16H25NO3. The summed E-state index contributed by atoms with van der Waals surface area (Å²) in [4.78, 5) is 0. The van der Waals surface area contributed by atoms with E-state index in [0.29, 0.717) is 6.61 Å². The van der Waals surface area contributed by atoms with E-state index >= 15 is 0 Å². The Balaban J connectivity index is 1.80. The largest absolute Gasteiger partial charge is 0.491 e. The number of hydrogen-bond acceptors (Lipinski definition) is 4. The van der Waals surface area contributed by atoms with Crippen LogP contribution in [0.1, 0.15) is 31.7 Å². The van der Waals surface area contributed by atoms with Crippen molar-refractivity contribution in [1.82, 2.24) is 5.32 Å². The van der Waals surface area contributed by atoms with E-state index in [4.69, 9.17) is 14.6 Å². The molecule has 1 heterocycles. The van der Waals surface area contributed by atoms with Crippen molar-refractivity contribution < 1.29 is 14.6 Å². The average molecular weight is 279 g/mol. The molecule has 2 rings (SSSR count). The summed E-state index contributed by atoms with van der Waals surface area (Å²) in [6.07, 6.45) is 3.40. The van der Waals surface area contributed by atoms with Gasteiger partial charge in [-0.1, -0.05) is 19.1 Å². The molecule has 0 spiro atoms. The summed E-state index contributed by atoms with van der Waals surface area (Å²) in [5, 5.41) is 12.5. The van der Waals surface area contributed by atoms with Crippen LogP contribution in [-0.2, 0) is 11.3 Å². The fourth-order valence-electron chi connectivity index (χ4n) is 2.31. The third-order valence-corrected chi connectivity index (χ3v) is 3.67. The van der Waals surface area contributed by atoms with Crippen molar-refractivity contribution in [3.8, 4) is 5.75 Å². The number of aliphatic hydroxyl groups excluding tert-OH is 1. The Morgan fingerprint density at radius 1 is 1.50 bits per heavy atom. The molecule has 2 N–H and O–H groups in total. The SMILES string of the molecule is CCC(CO)NCc1cccc(OCC2CCCO2)c1. The third kappa shape index (κ3) is 4.78. The second-order valence-corrected chi connectivity index (χ2v) is 5.26. The fraction of sp³-hybridized carbons (Fsp3) is 0.625. The zero-order chi connectivity index (χ0) is 14.2. The smallest absolute Gasteiger partial charge is 0.119 e. The summed E-state index contributed by atoms with van der Waals surface area (Å²) >= 11 is 0. The van der Waals surface area contributed by atoms with Crippen LogP contribution in [0.5, 0.6) is 5.75 Å². The Kier molecular flexibility index (Phi) is 6.30. The van der Waals surface area contributed by atoms with Crippen molar-refractivity contribution in [2.24, 2.45) is 0 Å². The zero-order valence-corrected chi connectivity index (χ0v) is 12.2. The number of hydrogen-bond donors (Lipinski definition) is 2. The predicted octanol–water partition coefficient (Wildman–Crippen LogP) is 2.10. The van der Waals surface area contributed by atoms with Crippen LogP contribution in [-0.4, -0.2) is 37.1 Å². The third-order valence-electron chi connectivity index (χ3n) is 3.67. The lowest BCUT2D eigenvalue weighted by Crippen LogP contribution is -2.31. The van der Waals surface area contributed by atoms with E-state index in [2.05, 4.69) is 18.3 Å². The van der Waals surface area contributed by atoms with E-state index in [1.807, 2.05) is 18.2 Å². The first-order chi connectivity index (χ1) is 9.81. The van der Waals surface area contributed by atoms with Crippen LogP contribution in [0.2, 0.25) is 0 Å². The first kappa shape index (κ1) is 15.3. The number of rotatable bonds is 8. The van der Waals surface area contributed by atoms with Gasteiger partial charge in [0.1, 0.15) is 12.4 Å². The predicted molar refractivity (Wildman–Crippen MR) is 78.9 cm³/mol. The number of benzene rings is 1. The summed E-state index contributed by atoms with van der Waals surface area (Å²) in [6.45, 7) is 4.47. The second kappa shape index (κ2) is 8.25. The summed E-state index contributed by atoms with van der Waals surface area (Å²) < 4.78 is 11.3. The van der Waals surface area contributed by atoms with E-state index < -0.39 is 0 Å². The molecule has 1 fully saturated rings. The minimum Gasteiger partial charge on any atom is -0.491 e. The molecule has 0 radical (unpaired) electrons. The normalized spacial score (nSPS) is 20.0. The van der Waals surface area contributed by atoms with Gasteiger partial charge in [0.05, 0.1) is 12.7 Å². The molecule has 2 unspecified atom stereocenters. The molecule has 112 valence electrons. The summed E-state index contributed by atoms with van der Waals surface area (Å²) in [5.74, 6) is 0.886. The van der Waals surface area contributed by atoms with Crippen LogP contribution in [0.15, 0.2) is 24.3 Å². The van der Waals surface area contributed by atoms with Gasteiger partial charge in [0.25, 0.3) is 0 Å². The van der Waals surface area contributed by atoms with Gasteiger partial charge in [-0.3, -0.25) is 0 Å². The van der Waals surface area contributed by atoms with Gasteiger partial charge in [-0.2, -0.15) is 0 Å². The molecular weight excluding hydrogens is 254 g/mol. The van der Waals surface area contributed by atoms with Crippen molar-refractivity contribution >= 4 is 0 Å². The molecule has 20 heavy (non-hydrogen) atoms. The quantitative estimate of drug-likeness (QED) is 0.765. The van der Waals surface area contributed by atoms with Gasteiger partial charge in [0.2, 0.25) is 0 Å². The van der Waals surface area contributed by atoms with E-state index in [0.717, 1.165) is 38.2 Å². The van der Waals surface area contributed by atoms with Crippen molar-refractivity contribution in [3.63, 3.8) is 0 Å². The van der Waals surface area contributed by atoms with Crippen molar-refractivity contribution in [1.29, 1.82) is 0 Å². The van der Waals surface area contributed by atoms with Crippen LogP contribution in [0.25, 0.3) is 0 Å². The molecule has 2 atom stereocenters. The Hall–Kier alpha value is -1.10. The molecule has 1 aliphatic heterocycles. The number of aliphatic hydroxyl groups is 1. The molecule has 1 aromatic rings. The van der Waals surface area contributed by atoms with Crippen molar-refractivity contribution in [2.75, 3.05) is 19.8 Å². The van der Waals surface area contributed by atoms with Crippen LogP contribution in [0.3, 0.4) is 0 Å². The van der Waals surface area contributed by atoms with E-state index in [1.54, 1.807) is 0 Å². The number of nitrogens with one attached hydrogen (secondary N) is 1.